The number of methoxy groups -OCH3 is 1. The van der Waals surface area contributed by atoms with E-state index in [1.165, 1.54) is 13.2 Å². The van der Waals surface area contributed by atoms with Gasteiger partial charge in [-0.2, -0.15) is 0 Å². The molecule has 0 aliphatic rings. The highest BCUT2D eigenvalue weighted by Crippen LogP contribution is 2.24. The maximum absolute atomic E-state index is 13.5. The first-order chi connectivity index (χ1) is 9.06. The summed E-state index contributed by atoms with van der Waals surface area (Å²) in [6.07, 6.45) is 0.493. The Morgan fingerprint density at radius 2 is 2.32 bits per heavy atom. The molecule has 2 rings (SSSR count). The zero-order valence-electron chi connectivity index (χ0n) is 10.1. The maximum atomic E-state index is 13.5. The highest BCUT2D eigenvalue weighted by molar-refractivity contribution is 9.10. The number of aryl methyl sites for hydroxylation is 1. The Kier molecular flexibility index (Phi) is 4.42. The number of carbonyl (C=O) groups excluding carboxylic acids is 1. The van der Waals surface area contributed by atoms with E-state index in [0.29, 0.717) is 33.6 Å². The fraction of sp³-hybridized carbons (Fsp3) is 0.333. The predicted octanol–water partition coefficient (Wildman–Crippen LogP) is 2.89. The second-order valence-corrected chi connectivity index (χ2v) is 5.12. The van der Waals surface area contributed by atoms with E-state index in [1.807, 2.05) is 0 Å². The van der Waals surface area contributed by atoms with Crippen molar-refractivity contribution in [3.8, 4) is 0 Å². The molecule has 4 nitrogen and oxygen atoms in total. The van der Waals surface area contributed by atoms with Gasteiger partial charge in [0.1, 0.15) is 18.2 Å². The number of hydrogen-bond acceptors (Lipinski definition) is 3. The maximum Gasteiger partial charge on any atom is 0.325 e. The first-order valence-corrected chi connectivity index (χ1v) is 6.86. The standard InChI is InChI=1S/C12H11BrClFN2O2/c1-19-12(18)6-17-10-4-7(13)8(15)5-9(10)16-11(17)2-3-14/h4-5H,2-3,6H2,1H3. The van der Waals surface area contributed by atoms with Gasteiger partial charge in [0, 0.05) is 18.4 Å². The van der Waals surface area contributed by atoms with Crippen molar-refractivity contribution in [3.05, 3.63) is 28.2 Å². The van der Waals surface area contributed by atoms with Crippen LogP contribution in [0.1, 0.15) is 5.82 Å². The summed E-state index contributed by atoms with van der Waals surface area (Å²) in [6, 6.07) is 2.92. The van der Waals surface area contributed by atoms with Gasteiger partial charge < -0.3 is 9.30 Å². The van der Waals surface area contributed by atoms with Crippen molar-refractivity contribution < 1.29 is 13.9 Å². The van der Waals surface area contributed by atoms with Crippen molar-refractivity contribution in [1.82, 2.24) is 9.55 Å². The molecule has 0 saturated carbocycles. The van der Waals surface area contributed by atoms with Crippen LogP contribution in [0.15, 0.2) is 16.6 Å². The summed E-state index contributed by atoms with van der Waals surface area (Å²) < 4.78 is 20.2. The number of rotatable bonds is 4. The zero-order chi connectivity index (χ0) is 14.0. The number of hydrogen-bond donors (Lipinski definition) is 0. The number of nitrogens with zero attached hydrogens (tertiary/aromatic N) is 2. The Balaban J connectivity index is 2.58. The number of ether oxygens (including phenoxy) is 1. The molecule has 0 aliphatic carbocycles. The van der Waals surface area contributed by atoms with Crippen molar-refractivity contribution in [3.63, 3.8) is 0 Å². The smallest absolute Gasteiger partial charge is 0.325 e. The Labute approximate surface area is 122 Å². The predicted molar refractivity (Wildman–Crippen MR) is 73.8 cm³/mol. The Morgan fingerprint density at radius 1 is 1.58 bits per heavy atom. The monoisotopic (exact) mass is 348 g/mol. The molecule has 1 heterocycles. The summed E-state index contributed by atoms with van der Waals surface area (Å²) in [6.45, 7) is 0.0251. The molecule has 102 valence electrons. The van der Waals surface area contributed by atoms with Gasteiger partial charge in [0.05, 0.1) is 22.6 Å². The minimum atomic E-state index is -0.396. The van der Waals surface area contributed by atoms with Crippen molar-refractivity contribution in [1.29, 1.82) is 0 Å². The number of fused-ring (bicyclic) bond motifs is 1. The third kappa shape index (κ3) is 2.90. The van der Waals surface area contributed by atoms with Crippen molar-refractivity contribution >= 4 is 44.5 Å². The third-order valence-corrected chi connectivity index (χ3v) is 3.50. The van der Waals surface area contributed by atoms with E-state index in [2.05, 4.69) is 25.7 Å². The normalized spacial score (nSPS) is 10.9. The summed E-state index contributed by atoms with van der Waals surface area (Å²) >= 11 is 8.84. The number of carbonyl (C=O) groups is 1. The highest BCUT2D eigenvalue weighted by Gasteiger charge is 2.15. The van der Waals surface area contributed by atoms with Crippen molar-refractivity contribution in [2.45, 2.75) is 13.0 Å². The molecule has 0 amide bonds. The van der Waals surface area contributed by atoms with Gasteiger partial charge >= 0.3 is 5.97 Å². The van der Waals surface area contributed by atoms with Gasteiger partial charge in [-0.25, -0.2) is 9.37 Å². The quantitative estimate of drug-likeness (QED) is 0.630. The van der Waals surface area contributed by atoms with Gasteiger partial charge in [0.15, 0.2) is 0 Å². The lowest BCUT2D eigenvalue weighted by Crippen LogP contribution is -2.14. The number of halogens is 3. The van der Waals surface area contributed by atoms with Crippen molar-refractivity contribution in [2.24, 2.45) is 0 Å². The number of esters is 1. The second-order valence-electron chi connectivity index (χ2n) is 3.88. The Morgan fingerprint density at radius 3 is 2.95 bits per heavy atom. The molecular formula is C12H11BrClFN2O2. The highest BCUT2D eigenvalue weighted by atomic mass is 79.9. The van der Waals surface area contributed by atoms with E-state index in [4.69, 9.17) is 11.6 Å². The van der Waals surface area contributed by atoms with Crippen LogP contribution in [0.25, 0.3) is 11.0 Å². The van der Waals surface area contributed by atoms with Gasteiger partial charge in [0.25, 0.3) is 0 Å². The first-order valence-electron chi connectivity index (χ1n) is 5.53. The second kappa shape index (κ2) is 5.88. The van der Waals surface area contributed by atoms with E-state index >= 15 is 0 Å². The van der Waals surface area contributed by atoms with Crippen LogP contribution in [0.2, 0.25) is 0 Å². The molecule has 1 aromatic heterocycles. The average molecular weight is 350 g/mol. The zero-order valence-corrected chi connectivity index (χ0v) is 12.5. The first kappa shape index (κ1) is 14.3. The Bertz CT molecular complexity index is 630. The van der Waals surface area contributed by atoms with Gasteiger partial charge in [-0.3, -0.25) is 4.79 Å². The number of aromatic nitrogens is 2. The minimum absolute atomic E-state index is 0.0251. The number of benzene rings is 1. The average Bonchev–Trinajstić information content (AvgIpc) is 2.68. The van der Waals surface area contributed by atoms with Gasteiger partial charge in [-0.1, -0.05) is 0 Å². The van der Waals surface area contributed by atoms with E-state index in [9.17, 15) is 9.18 Å². The van der Waals surface area contributed by atoms with Crippen LogP contribution in [0.5, 0.6) is 0 Å². The molecule has 0 atom stereocenters. The summed E-state index contributed by atoms with van der Waals surface area (Å²) in [7, 11) is 1.32. The molecule has 19 heavy (non-hydrogen) atoms. The van der Waals surface area contributed by atoms with E-state index in [0.717, 1.165) is 0 Å². The van der Waals surface area contributed by atoms with Crippen LogP contribution in [0, 0.1) is 5.82 Å². The minimum Gasteiger partial charge on any atom is -0.468 e. The van der Waals surface area contributed by atoms with Gasteiger partial charge in [0.2, 0.25) is 0 Å². The fourth-order valence-corrected chi connectivity index (χ4v) is 2.32. The Hall–Kier alpha value is -1.14. The van der Waals surface area contributed by atoms with Crippen LogP contribution >= 0.6 is 27.5 Å². The van der Waals surface area contributed by atoms with E-state index < -0.39 is 11.8 Å². The molecule has 1 aromatic carbocycles. The lowest BCUT2D eigenvalue weighted by Gasteiger charge is -2.07. The number of alkyl halides is 1. The summed E-state index contributed by atoms with van der Waals surface area (Å²) in [5.41, 5.74) is 1.16. The SMILES string of the molecule is COC(=O)Cn1c(CCCl)nc2cc(F)c(Br)cc21. The van der Waals surface area contributed by atoms with E-state index in [-0.39, 0.29) is 6.54 Å². The van der Waals surface area contributed by atoms with Crippen LogP contribution in [0.4, 0.5) is 4.39 Å². The van der Waals surface area contributed by atoms with Crippen molar-refractivity contribution in [2.75, 3.05) is 13.0 Å². The van der Waals surface area contributed by atoms with E-state index in [1.54, 1.807) is 10.6 Å². The molecule has 0 aliphatic heterocycles. The van der Waals surface area contributed by atoms with Gasteiger partial charge in [-0.15, -0.1) is 11.6 Å². The molecule has 0 saturated heterocycles. The molecule has 0 radical (unpaired) electrons. The molecular weight excluding hydrogens is 338 g/mol. The lowest BCUT2D eigenvalue weighted by molar-refractivity contribution is -0.141. The van der Waals surface area contributed by atoms with Crippen LogP contribution in [-0.4, -0.2) is 28.5 Å². The van der Waals surface area contributed by atoms with Crippen LogP contribution in [-0.2, 0) is 22.5 Å². The topological polar surface area (TPSA) is 44.1 Å². The summed E-state index contributed by atoms with van der Waals surface area (Å²) in [5.74, 6) is 0.213. The summed E-state index contributed by atoms with van der Waals surface area (Å²) in [5, 5.41) is 0. The van der Waals surface area contributed by atoms with Gasteiger partial charge in [-0.05, 0) is 22.0 Å². The van der Waals surface area contributed by atoms with Crippen LogP contribution in [0.3, 0.4) is 0 Å². The third-order valence-electron chi connectivity index (χ3n) is 2.70. The molecule has 0 fully saturated rings. The largest absolute Gasteiger partial charge is 0.468 e. The summed E-state index contributed by atoms with van der Waals surface area (Å²) in [4.78, 5) is 15.7. The van der Waals surface area contributed by atoms with Crippen LogP contribution < -0.4 is 0 Å². The molecule has 0 spiro atoms. The molecule has 2 aromatic rings. The molecule has 7 heteroatoms. The molecule has 0 bridgehead atoms. The number of imidazole rings is 1. The lowest BCUT2D eigenvalue weighted by atomic mass is 10.3. The molecule has 0 unspecified atom stereocenters. The fourth-order valence-electron chi connectivity index (χ4n) is 1.82. The molecule has 0 N–H and O–H groups in total.